The number of ether oxygens (including phenoxy) is 1. The predicted molar refractivity (Wildman–Crippen MR) is 100 cm³/mol. The smallest absolute Gasteiger partial charge is 0.269 e. The molecular formula is C18H20N4O5S. The molecule has 0 spiro atoms. The van der Waals surface area contributed by atoms with Crippen molar-refractivity contribution < 1.29 is 18.1 Å². The van der Waals surface area contributed by atoms with Gasteiger partial charge in [-0.25, -0.2) is 13.4 Å². The average Bonchev–Trinajstić information content (AvgIpc) is 2.72. The van der Waals surface area contributed by atoms with Gasteiger partial charge in [0, 0.05) is 56.1 Å². The Bertz CT molecular complexity index is 966. The summed E-state index contributed by atoms with van der Waals surface area (Å²) >= 11 is 0. The van der Waals surface area contributed by atoms with Crippen LogP contribution in [0, 0.1) is 10.1 Å². The molecule has 0 aliphatic carbocycles. The van der Waals surface area contributed by atoms with Gasteiger partial charge in [0.05, 0.1) is 16.9 Å². The maximum atomic E-state index is 12.9. The number of fused-ring (bicyclic) bond motifs is 2. The highest BCUT2D eigenvalue weighted by molar-refractivity contribution is 7.89. The number of aromatic nitrogens is 1. The Morgan fingerprint density at radius 3 is 2.39 bits per heavy atom. The van der Waals surface area contributed by atoms with Gasteiger partial charge in [-0.3, -0.25) is 15.0 Å². The molecule has 5 rings (SSSR count). The molecule has 0 amide bonds. The van der Waals surface area contributed by atoms with Gasteiger partial charge < -0.3 is 4.74 Å². The Hall–Kier alpha value is -2.56. The highest BCUT2D eigenvalue weighted by Crippen LogP contribution is 2.36. The molecule has 2 atom stereocenters. The lowest BCUT2D eigenvalue weighted by Gasteiger charge is -2.55. The molecule has 10 heteroatoms. The third-order valence-corrected chi connectivity index (χ3v) is 7.21. The molecular weight excluding hydrogens is 384 g/mol. The van der Waals surface area contributed by atoms with Crippen LogP contribution in [0.3, 0.4) is 0 Å². The molecule has 2 unspecified atom stereocenters. The molecule has 3 fully saturated rings. The monoisotopic (exact) mass is 404 g/mol. The van der Waals surface area contributed by atoms with Gasteiger partial charge in [-0.2, -0.15) is 4.31 Å². The third kappa shape index (κ3) is 3.34. The molecule has 9 nitrogen and oxygen atoms in total. The number of non-ortho nitro benzene ring substituents is 1. The van der Waals surface area contributed by atoms with E-state index in [1.807, 2.05) is 12.1 Å². The van der Waals surface area contributed by atoms with Crippen LogP contribution in [0.25, 0.3) is 0 Å². The van der Waals surface area contributed by atoms with E-state index in [1.165, 1.54) is 28.6 Å². The topological polar surface area (TPSA) is 106 Å². The van der Waals surface area contributed by atoms with Crippen LogP contribution in [-0.2, 0) is 16.6 Å². The normalized spacial score (nSPS) is 22.5. The molecule has 3 saturated heterocycles. The van der Waals surface area contributed by atoms with Crippen molar-refractivity contribution in [1.29, 1.82) is 0 Å². The van der Waals surface area contributed by atoms with Crippen molar-refractivity contribution in [3.8, 4) is 5.88 Å². The number of methoxy groups -OCH3 is 1. The first kappa shape index (κ1) is 18.8. The van der Waals surface area contributed by atoms with Gasteiger partial charge in [0.15, 0.2) is 0 Å². The quantitative estimate of drug-likeness (QED) is 0.532. The van der Waals surface area contributed by atoms with E-state index in [0.29, 0.717) is 19.0 Å². The molecule has 1 aromatic carbocycles. The first-order chi connectivity index (χ1) is 13.4. The number of benzene rings is 1. The zero-order valence-corrected chi connectivity index (χ0v) is 16.1. The summed E-state index contributed by atoms with van der Waals surface area (Å²) in [5, 5.41) is 10.8. The second kappa shape index (κ2) is 7.12. The van der Waals surface area contributed by atoms with Gasteiger partial charge in [-0.05, 0) is 24.1 Å². The summed E-state index contributed by atoms with van der Waals surface area (Å²) in [6.07, 6.45) is 2.74. The van der Waals surface area contributed by atoms with E-state index >= 15 is 0 Å². The molecule has 3 aliphatic rings. The standard InChI is InChI=1S/C18H20N4O5S/c1-27-18-7-2-13(9-19-18)10-21-15-8-16(21)12-20(11-15)28(25,26)17-5-3-14(4-6-17)22(23)24/h2-7,9,15-16H,8,10-12H2,1H3. The van der Waals surface area contributed by atoms with E-state index in [2.05, 4.69) is 9.88 Å². The minimum atomic E-state index is -3.66. The maximum absolute atomic E-state index is 12.9. The predicted octanol–water partition coefficient (Wildman–Crippen LogP) is 1.65. The fraction of sp³-hybridized carbons (Fsp3) is 0.389. The number of sulfonamides is 1. The minimum absolute atomic E-state index is 0.0882. The molecule has 28 heavy (non-hydrogen) atoms. The molecule has 0 radical (unpaired) electrons. The largest absolute Gasteiger partial charge is 0.481 e. The number of pyridine rings is 1. The summed E-state index contributed by atoms with van der Waals surface area (Å²) in [5.74, 6) is 0.563. The zero-order chi connectivity index (χ0) is 19.9. The first-order valence-electron chi connectivity index (χ1n) is 8.88. The molecule has 3 aliphatic heterocycles. The summed E-state index contributed by atoms with van der Waals surface area (Å²) < 4.78 is 32.3. The highest BCUT2D eigenvalue weighted by atomic mass is 32.2. The molecule has 0 N–H and O–H groups in total. The van der Waals surface area contributed by atoms with Crippen LogP contribution in [0.4, 0.5) is 5.69 Å². The van der Waals surface area contributed by atoms with Gasteiger partial charge >= 0.3 is 0 Å². The van der Waals surface area contributed by atoms with Crippen molar-refractivity contribution in [2.45, 2.75) is 29.9 Å². The van der Waals surface area contributed by atoms with Crippen molar-refractivity contribution in [1.82, 2.24) is 14.2 Å². The number of hydrogen-bond donors (Lipinski definition) is 0. The van der Waals surface area contributed by atoms with E-state index < -0.39 is 14.9 Å². The number of hydrogen-bond acceptors (Lipinski definition) is 7. The number of nitro groups is 1. The first-order valence-corrected chi connectivity index (χ1v) is 10.3. The highest BCUT2D eigenvalue weighted by Gasteiger charge is 2.47. The fourth-order valence-corrected chi connectivity index (χ4v) is 5.34. The zero-order valence-electron chi connectivity index (χ0n) is 15.3. The van der Waals surface area contributed by atoms with Crippen LogP contribution < -0.4 is 4.74 Å². The number of piperazine rings is 1. The summed E-state index contributed by atoms with van der Waals surface area (Å²) in [5.41, 5.74) is 0.932. The van der Waals surface area contributed by atoms with E-state index in [9.17, 15) is 18.5 Å². The third-order valence-electron chi connectivity index (χ3n) is 5.37. The van der Waals surface area contributed by atoms with Crippen LogP contribution in [0.1, 0.15) is 12.0 Å². The molecule has 1 aromatic heterocycles. The van der Waals surface area contributed by atoms with Crippen LogP contribution in [0.2, 0.25) is 0 Å². The van der Waals surface area contributed by atoms with Gasteiger partial charge in [-0.15, -0.1) is 0 Å². The van der Waals surface area contributed by atoms with E-state index in [4.69, 9.17) is 4.74 Å². The summed E-state index contributed by atoms with van der Waals surface area (Å²) in [6, 6.07) is 9.15. The Balaban J connectivity index is 1.43. The van der Waals surface area contributed by atoms with Gasteiger partial charge in [0.1, 0.15) is 0 Å². The van der Waals surface area contributed by atoms with Crippen LogP contribution in [-0.4, -0.2) is 59.8 Å². The summed E-state index contributed by atoms with van der Waals surface area (Å²) in [6.45, 7) is 1.55. The lowest BCUT2D eigenvalue weighted by Crippen LogP contribution is -2.68. The van der Waals surface area contributed by atoms with Gasteiger partial charge in [-0.1, -0.05) is 6.07 Å². The van der Waals surface area contributed by atoms with Crippen LogP contribution in [0.5, 0.6) is 5.88 Å². The second-order valence-corrected chi connectivity index (χ2v) is 8.94. The number of piperidine rings is 1. The van der Waals surface area contributed by atoms with E-state index in [-0.39, 0.29) is 22.7 Å². The minimum Gasteiger partial charge on any atom is -0.481 e. The van der Waals surface area contributed by atoms with Gasteiger partial charge in [0.2, 0.25) is 15.9 Å². The Labute approximate surface area is 162 Å². The Morgan fingerprint density at radius 2 is 1.86 bits per heavy atom. The molecule has 2 bridgehead atoms. The summed E-state index contributed by atoms with van der Waals surface area (Å²) in [4.78, 5) is 16.8. The van der Waals surface area contributed by atoms with Gasteiger partial charge in [0.25, 0.3) is 5.69 Å². The maximum Gasteiger partial charge on any atom is 0.269 e. The Morgan fingerprint density at radius 1 is 1.18 bits per heavy atom. The summed E-state index contributed by atoms with van der Waals surface area (Å²) in [7, 11) is -2.09. The molecule has 148 valence electrons. The number of nitro benzene ring substituents is 1. The lowest BCUT2D eigenvalue weighted by atomic mass is 9.88. The second-order valence-electron chi connectivity index (χ2n) is 7.00. The van der Waals surface area contributed by atoms with E-state index in [1.54, 1.807) is 13.3 Å². The SMILES string of the molecule is COc1ccc(CN2C3CC2CN(S(=O)(=O)c2ccc([N+](=O)[O-])cc2)C3)cn1. The molecule has 2 aromatic rings. The Kier molecular flexibility index (Phi) is 4.77. The average molecular weight is 404 g/mol. The molecule has 0 saturated carbocycles. The van der Waals surface area contributed by atoms with Crippen molar-refractivity contribution in [3.63, 3.8) is 0 Å². The van der Waals surface area contributed by atoms with Crippen molar-refractivity contribution >= 4 is 15.7 Å². The fourth-order valence-electron chi connectivity index (χ4n) is 3.83. The van der Waals surface area contributed by atoms with E-state index in [0.717, 1.165) is 18.5 Å². The van der Waals surface area contributed by atoms with Crippen molar-refractivity contribution in [2.75, 3.05) is 20.2 Å². The van der Waals surface area contributed by atoms with Crippen molar-refractivity contribution in [3.05, 3.63) is 58.3 Å². The molecule has 4 heterocycles. The lowest BCUT2D eigenvalue weighted by molar-refractivity contribution is -0.384. The van der Waals surface area contributed by atoms with Crippen molar-refractivity contribution in [2.24, 2.45) is 0 Å². The number of rotatable bonds is 6. The van der Waals surface area contributed by atoms with Crippen LogP contribution in [0.15, 0.2) is 47.5 Å². The number of nitrogens with zero attached hydrogens (tertiary/aromatic N) is 4. The van der Waals surface area contributed by atoms with Crippen LogP contribution >= 0.6 is 0 Å².